The highest BCUT2D eigenvalue weighted by atomic mass is 16.2. The lowest BCUT2D eigenvalue weighted by molar-refractivity contribution is -0.128. The van der Waals surface area contributed by atoms with Crippen molar-refractivity contribution in [1.82, 2.24) is 10.2 Å². The minimum atomic E-state index is -0.444. The Morgan fingerprint density at radius 3 is 2.12 bits per heavy atom. The van der Waals surface area contributed by atoms with Gasteiger partial charge in [-0.2, -0.15) is 0 Å². The first-order valence-electron chi connectivity index (χ1n) is 8.87. The lowest BCUT2D eigenvalue weighted by Crippen LogP contribution is -2.44. The molecule has 1 N–H and O–H groups in total. The number of carbonyl (C=O) groups excluding carboxylic acids is 3. The summed E-state index contributed by atoms with van der Waals surface area (Å²) in [6.45, 7) is 9.60. The zero-order valence-electron chi connectivity index (χ0n) is 15.6. The van der Waals surface area contributed by atoms with Crippen molar-refractivity contribution in [1.29, 1.82) is 0 Å². The maximum absolute atomic E-state index is 12.5. The topological polar surface area (TPSA) is 66.5 Å². The van der Waals surface area contributed by atoms with Crippen molar-refractivity contribution in [3.8, 4) is 0 Å². The molecule has 1 heterocycles. The second-order valence-corrected chi connectivity index (χ2v) is 7.83. The smallest absolute Gasteiger partial charge is 0.294 e. The number of ketones is 1. The van der Waals surface area contributed by atoms with E-state index in [1.807, 2.05) is 12.1 Å². The van der Waals surface area contributed by atoms with Crippen LogP contribution in [0.15, 0.2) is 24.3 Å². The molecule has 2 rings (SSSR count). The molecular formula is C20H28N2O3. The van der Waals surface area contributed by atoms with E-state index >= 15 is 0 Å². The van der Waals surface area contributed by atoms with Gasteiger partial charge in [-0.15, -0.1) is 0 Å². The van der Waals surface area contributed by atoms with Gasteiger partial charge in [0.05, 0.1) is 0 Å². The second-order valence-electron chi connectivity index (χ2n) is 7.83. The summed E-state index contributed by atoms with van der Waals surface area (Å²) in [5.41, 5.74) is 1.59. The SMILES string of the molecule is CC(=O)NCC1CCN(C(=O)C(=O)c2ccc(C(C)(C)C)cc2)CC1. The van der Waals surface area contributed by atoms with Gasteiger partial charge in [-0.05, 0) is 29.7 Å². The molecule has 0 radical (unpaired) electrons. The Balaban J connectivity index is 1.92. The molecule has 0 unspecified atom stereocenters. The Morgan fingerprint density at radius 2 is 1.64 bits per heavy atom. The largest absolute Gasteiger partial charge is 0.356 e. The van der Waals surface area contributed by atoms with Crippen LogP contribution in [0.25, 0.3) is 0 Å². The van der Waals surface area contributed by atoms with Crippen LogP contribution in [0.4, 0.5) is 0 Å². The fourth-order valence-electron chi connectivity index (χ4n) is 3.02. The van der Waals surface area contributed by atoms with Crippen molar-refractivity contribution in [3.05, 3.63) is 35.4 Å². The Hall–Kier alpha value is -2.17. The van der Waals surface area contributed by atoms with Crippen LogP contribution in [0.3, 0.4) is 0 Å². The lowest BCUT2D eigenvalue weighted by atomic mass is 9.86. The number of amides is 2. The summed E-state index contributed by atoms with van der Waals surface area (Å²) < 4.78 is 0. The third kappa shape index (κ3) is 5.15. The van der Waals surface area contributed by atoms with Crippen molar-refractivity contribution < 1.29 is 14.4 Å². The molecule has 0 spiro atoms. The number of hydrogen-bond donors (Lipinski definition) is 1. The second kappa shape index (κ2) is 7.81. The maximum atomic E-state index is 12.5. The first kappa shape index (κ1) is 19.2. The number of benzene rings is 1. The molecule has 5 nitrogen and oxygen atoms in total. The van der Waals surface area contributed by atoms with Crippen molar-refractivity contribution >= 4 is 17.6 Å². The van der Waals surface area contributed by atoms with Gasteiger partial charge in [-0.25, -0.2) is 0 Å². The van der Waals surface area contributed by atoms with Gasteiger partial charge < -0.3 is 10.2 Å². The summed E-state index contributed by atoms with van der Waals surface area (Å²) in [5.74, 6) is -0.538. The zero-order valence-corrected chi connectivity index (χ0v) is 15.6. The normalized spacial score (nSPS) is 15.8. The van der Waals surface area contributed by atoms with Crippen LogP contribution in [0.1, 0.15) is 56.5 Å². The molecule has 1 saturated heterocycles. The molecule has 25 heavy (non-hydrogen) atoms. The third-order valence-electron chi connectivity index (χ3n) is 4.75. The molecule has 1 aliphatic rings. The Bertz CT molecular complexity index is 636. The van der Waals surface area contributed by atoms with Crippen molar-refractivity contribution in [2.45, 2.75) is 46.0 Å². The number of nitrogens with one attached hydrogen (secondary N) is 1. The highest BCUT2D eigenvalue weighted by molar-refractivity contribution is 6.42. The van der Waals surface area contributed by atoms with E-state index in [0.29, 0.717) is 31.1 Å². The van der Waals surface area contributed by atoms with Crippen LogP contribution in [0, 0.1) is 5.92 Å². The third-order valence-corrected chi connectivity index (χ3v) is 4.75. The molecule has 0 bridgehead atoms. The van der Waals surface area contributed by atoms with Gasteiger partial charge in [0.1, 0.15) is 0 Å². The van der Waals surface area contributed by atoms with Gasteiger partial charge in [-0.1, -0.05) is 45.0 Å². The minimum absolute atomic E-state index is 0.0153. The summed E-state index contributed by atoms with van der Waals surface area (Å²) >= 11 is 0. The van der Waals surface area contributed by atoms with Crippen LogP contribution in [-0.4, -0.2) is 42.1 Å². The molecule has 0 aliphatic carbocycles. The van der Waals surface area contributed by atoms with E-state index < -0.39 is 11.7 Å². The Morgan fingerprint density at radius 1 is 1.08 bits per heavy atom. The summed E-state index contributed by atoms with van der Waals surface area (Å²) in [7, 11) is 0. The predicted molar refractivity (Wildman–Crippen MR) is 97.5 cm³/mol. The highest BCUT2D eigenvalue weighted by Gasteiger charge is 2.28. The summed E-state index contributed by atoms with van der Waals surface area (Å²) in [6, 6.07) is 7.31. The van der Waals surface area contributed by atoms with Crippen molar-refractivity contribution in [3.63, 3.8) is 0 Å². The van der Waals surface area contributed by atoms with E-state index in [9.17, 15) is 14.4 Å². The maximum Gasteiger partial charge on any atom is 0.294 e. The number of piperidine rings is 1. The first-order valence-corrected chi connectivity index (χ1v) is 8.87. The summed E-state index contributed by atoms with van der Waals surface area (Å²) in [6.07, 6.45) is 1.62. The first-order chi connectivity index (χ1) is 11.7. The molecule has 2 amide bonds. The van der Waals surface area contributed by atoms with Crippen LogP contribution < -0.4 is 5.32 Å². The van der Waals surface area contributed by atoms with Gasteiger partial charge in [0, 0.05) is 32.1 Å². The van der Waals surface area contributed by atoms with Gasteiger partial charge in [0.15, 0.2) is 0 Å². The van der Waals surface area contributed by atoms with Gasteiger partial charge in [0.25, 0.3) is 5.91 Å². The number of Topliss-reactive ketones (excluding diaryl/α,β-unsaturated/α-hetero) is 1. The number of rotatable bonds is 4. The van der Waals surface area contributed by atoms with Crippen LogP contribution >= 0.6 is 0 Å². The fraction of sp³-hybridized carbons (Fsp3) is 0.550. The average Bonchev–Trinajstić information content (AvgIpc) is 2.58. The van der Waals surface area contributed by atoms with E-state index in [-0.39, 0.29) is 11.3 Å². The summed E-state index contributed by atoms with van der Waals surface area (Å²) in [5, 5.41) is 2.82. The van der Waals surface area contributed by atoms with Gasteiger partial charge in [0.2, 0.25) is 11.7 Å². The molecule has 0 atom stereocenters. The van der Waals surface area contributed by atoms with E-state index in [4.69, 9.17) is 0 Å². The Kier molecular flexibility index (Phi) is 5.98. The average molecular weight is 344 g/mol. The quantitative estimate of drug-likeness (QED) is 0.674. The van der Waals surface area contributed by atoms with Gasteiger partial charge in [-0.3, -0.25) is 14.4 Å². The minimum Gasteiger partial charge on any atom is -0.356 e. The molecule has 1 fully saturated rings. The monoisotopic (exact) mass is 344 g/mol. The zero-order chi connectivity index (χ0) is 18.6. The van der Waals surface area contributed by atoms with E-state index in [1.165, 1.54) is 6.92 Å². The van der Waals surface area contributed by atoms with E-state index in [0.717, 1.165) is 18.4 Å². The molecule has 0 aromatic heterocycles. The van der Waals surface area contributed by atoms with Crippen molar-refractivity contribution in [2.75, 3.05) is 19.6 Å². The Labute approximate surface area is 149 Å². The predicted octanol–water partition coefficient (Wildman–Crippen LogP) is 2.54. The molecule has 1 aromatic rings. The number of hydrogen-bond acceptors (Lipinski definition) is 3. The molecule has 0 saturated carbocycles. The van der Waals surface area contributed by atoms with Crippen LogP contribution in [-0.2, 0) is 15.0 Å². The molecule has 1 aliphatic heterocycles. The molecule has 136 valence electrons. The standard InChI is InChI=1S/C20H28N2O3/c1-14(23)21-13-15-9-11-22(12-10-15)19(25)18(24)16-5-7-17(8-6-16)20(2,3)4/h5-8,15H,9-13H2,1-4H3,(H,21,23). The number of carbonyl (C=O) groups is 3. The van der Waals surface area contributed by atoms with Gasteiger partial charge >= 0.3 is 0 Å². The van der Waals surface area contributed by atoms with E-state index in [2.05, 4.69) is 26.1 Å². The summed E-state index contributed by atoms with van der Waals surface area (Å²) in [4.78, 5) is 37.5. The molecule has 1 aromatic carbocycles. The number of likely N-dealkylation sites (tertiary alicyclic amines) is 1. The molecule has 5 heteroatoms. The van der Waals surface area contributed by atoms with Crippen LogP contribution in [0.5, 0.6) is 0 Å². The van der Waals surface area contributed by atoms with Crippen LogP contribution in [0.2, 0.25) is 0 Å². The lowest BCUT2D eigenvalue weighted by Gasteiger charge is -2.31. The highest BCUT2D eigenvalue weighted by Crippen LogP contribution is 2.23. The van der Waals surface area contributed by atoms with Crippen molar-refractivity contribution in [2.24, 2.45) is 5.92 Å². The molecular weight excluding hydrogens is 316 g/mol. The number of nitrogens with zero attached hydrogens (tertiary/aromatic N) is 1. The fourth-order valence-corrected chi connectivity index (χ4v) is 3.02. The van der Waals surface area contributed by atoms with E-state index in [1.54, 1.807) is 17.0 Å².